The number of rotatable bonds is 7. The van der Waals surface area contributed by atoms with E-state index in [4.69, 9.17) is 5.73 Å². The van der Waals surface area contributed by atoms with Crippen LogP contribution in [0, 0.1) is 0 Å². The summed E-state index contributed by atoms with van der Waals surface area (Å²) in [5, 5.41) is 12.9. The zero-order valence-corrected chi connectivity index (χ0v) is 16.8. The van der Waals surface area contributed by atoms with Crippen molar-refractivity contribution < 1.29 is 4.79 Å². The van der Waals surface area contributed by atoms with Crippen molar-refractivity contribution in [1.29, 1.82) is 0 Å². The minimum absolute atomic E-state index is 0.198. The molecule has 0 aliphatic carbocycles. The van der Waals surface area contributed by atoms with Crippen molar-refractivity contribution in [2.24, 2.45) is 5.73 Å². The number of nitrogens with zero attached hydrogens (tertiary/aromatic N) is 3. The van der Waals surface area contributed by atoms with Crippen molar-refractivity contribution in [1.82, 2.24) is 15.2 Å². The van der Waals surface area contributed by atoms with Crippen LogP contribution in [0.3, 0.4) is 0 Å². The fraction of sp³-hybridized carbons (Fsp3) is 0.0952. The average molecular weight is 417 g/mol. The third-order valence-electron chi connectivity index (χ3n) is 4.70. The van der Waals surface area contributed by atoms with Crippen LogP contribution in [-0.2, 0) is 0 Å². The Labute approximate surface area is 176 Å². The molecule has 0 aliphatic heterocycles. The van der Waals surface area contributed by atoms with Crippen LogP contribution >= 0.6 is 0 Å². The summed E-state index contributed by atoms with van der Waals surface area (Å²) in [7, 11) is 3.40. The third-order valence-corrected chi connectivity index (χ3v) is 4.70. The Morgan fingerprint density at radius 1 is 1.03 bits per heavy atom. The van der Waals surface area contributed by atoms with Crippen LogP contribution in [0.5, 0.6) is 0 Å². The van der Waals surface area contributed by atoms with E-state index in [2.05, 4.69) is 25.8 Å². The molecular formula is C21H19N7O3. The van der Waals surface area contributed by atoms with Gasteiger partial charge >= 0.3 is 0 Å². The van der Waals surface area contributed by atoms with Gasteiger partial charge in [0.15, 0.2) is 5.82 Å². The highest BCUT2D eigenvalue weighted by atomic mass is 16.2. The van der Waals surface area contributed by atoms with Crippen molar-refractivity contribution in [3.8, 4) is 11.3 Å². The first-order valence-electron chi connectivity index (χ1n) is 9.31. The summed E-state index contributed by atoms with van der Waals surface area (Å²) in [5.41, 5.74) is 7.04. The summed E-state index contributed by atoms with van der Waals surface area (Å²) in [5.74, 6) is 0.138. The predicted molar refractivity (Wildman–Crippen MR) is 119 cm³/mol. The number of nitrogens with one attached hydrogen (secondary N) is 3. The average Bonchev–Trinajstić information content (AvgIpc) is 3.17. The fourth-order valence-corrected chi connectivity index (χ4v) is 3.23. The van der Waals surface area contributed by atoms with Crippen molar-refractivity contribution in [3.63, 3.8) is 0 Å². The van der Waals surface area contributed by atoms with Gasteiger partial charge in [0.05, 0.1) is 5.69 Å². The summed E-state index contributed by atoms with van der Waals surface area (Å²) in [6, 6.07) is 12.3. The third kappa shape index (κ3) is 3.62. The minimum Gasteiger partial charge on any atom is -0.373 e. The van der Waals surface area contributed by atoms with Gasteiger partial charge in [-0.25, -0.2) is 4.98 Å². The molecule has 0 saturated heterocycles. The van der Waals surface area contributed by atoms with Gasteiger partial charge < -0.3 is 21.3 Å². The molecule has 0 fully saturated rings. The lowest BCUT2D eigenvalue weighted by atomic mass is 10.1. The van der Waals surface area contributed by atoms with Crippen LogP contribution < -0.4 is 32.1 Å². The summed E-state index contributed by atoms with van der Waals surface area (Å²) in [6.07, 6.45) is 1.61. The smallest absolute Gasteiger partial charge is 0.254 e. The van der Waals surface area contributed by atoms with Gasteiger partial charge in [-0.15, -0.1) is 0 Å². The number of benzene rings is 1. The number of nitrogens with two attached hydrogens (primary N) is 1. The van der Waals surface area contributed by atoms with Crippen LogP contribution in [0.15, 0.2) is 58.3 Å². The molecule has 1 amide bonds. The second-order valence-corrected chi connectivity index (χ2v) is 7.01. The Balaban J connectivity index is 1.61. The van der Waals surface area contributed by atoms with E-state index in [9.17, 15) is 14.4 Å². The molecule has 0 atom stereocenters. The summed E-state index contributed by atoms with van der Waals surface area (Å²) in [6.45, 7) is 0. The quantitative estimate of drug-likeness (QED) is 0.333. The number of aromatic amines is 1. The Morgan fingerprint density at radius 3 is 2.39 bits per heavy atom. The number of anilines is 5. The van der Waals surface area contributed by atoms with Gasteiger partial charge in [-0.05, 0) is 24.3 Å². The van der Waals surface area contributed by atoms with Crippen molar-refractivity contribution in [3.05, 3.63) is 74.7 Å². The van der Waals surface area contributed by atoms with E-state index < -0.39 is 16.8 Å². The Bertz CT molecular complexity index is 1320. The largest absolute Gasteiger partial charge is 0.373 e. The molecule has 0 radical (unpaired) electrons. The van der Waals surface area contributed by atoms with Crippen molar-refractivity contribution in [2.45, 2.75) is 0 Å². The lowest BCUT2D eigenvalue weighted by molar-refractivity contribution is 0.100. The molecule has 0 unspecified atom stereocenters. The van der Waals surface area contributed by atoms with Crippen molar-refractivity contribution in [2.75, 3.05) is 29.6 Å². The zero-order valence-electron chi connectivity index (χ0n) is 16.8. The number of carbonyl (C=O) groups excluding carboxylic acids is 1. The molecule has 0 spiro atoms. The van der Waals surface area contributed by atoms with E-state index in [1.54, 1.807) is 67.7 Å². The highest BCUT2D eigenvalue weighted by Gasteiger charge is 2.23. The molecule has 2 aromatic carbocycles. The van der Waals surface area contributed by atoms with Gasteiger partial charge in [0.2, 0.25) is 0 Å². The number of primary amides is 1. The predicted octanol–water partition coefficient (Wildman–Crippen LogP) is 1.72. The monoisotopic (exact) mass is 417 g/mol. The molecular weight excluding hydrogens is 398 g/mol. The Kier molecular flexibility index (Phi) is 4.96. The molecule has 5 N–H and O–H groups in total. The lowest BCUT2D eigenvalue weighted by Crippen LogP contribution is -2.39. The van der Waals surface area contributed by atoms with Crippen LogP contribution in [0.4, 0.5) is 28.7 Å². The molecule has 2 heterocycles. The topological polar surface area (TPSA) is 146 Å². The van der Waals surface area contributed by atoms with Gasteiger partial charge in [0, 0.05) is 31.5 Å². The van der Waals surface area contributed by atoms with Crippen LogP contribution in [0.2, 0.25) is 0 Å². The van der Waals surface area contributed by atoms with Crippen molar-refractivity contribution >= 4 is 34.6 Å². The summed E-state index contributed by atoms with van der Waals surface area (Å²) < 4.78 is 0. The lowest BCUT2D eigenvalue weighted by Gasteiger charge is -2.19. The minimum atomic E-state index is -0.649. The highest BCUT2D eigenvalue weighted by molar-refractivity contribution is 6.04. The molecule has 0 bridgehead atoms. The maximum Gasteiger partial charge on any atom is 0.254 e. The maximum absolute atomic E-state index is 12.1. The van der Waals surface area contributed by atoms with Crippen LogP contribution in [-0.4, -0.2) is 35.2 Å². The number of hydrogen-bond donors (Lipinski definition) is 4. The van der Waals surface area contributed by atoms with Gasteiger partial charge in [0.25, 0.3) is 16.8 Å². The second kappa shape index (κ2) is 7.75. The van der Waals surface area contributed by atoms with E-state index in [1.165, 1.54) is 0 Å². The van der Waals surface area contributed by atoms with E-state index in [0.29, 0.717) is 28.5 Å². The standard InChI is InChI=1S/C21H19N7O3/c1-28(2)17-16(18(29)19(17)30)24-12-8-6-11(7-9-12)15-14(20(22)31)21(27-26-15)25-13-5-3-4-10-23-13/h3-10,24H,1-2H3,(H2,22,31)(H2,23,25,26,27). The first kappa shape index (κ1) is 19.8. The number of hydrogen-bond acceptors (Lipinski definition) is 8. The molecule has 0 saturated carbocycles. The summed E-state index contributed by atoms with van der Waals surface area (Å²) in [4.78, 5) is 41.4. The first-order valence-corrected chi connectivity index (χ1v) is 9.31. The van der Waals surface area contributed by atoms with Gasteiger partial charge in [-0.3, -0.25) is 19.5 Å². The molecule has 4 aromatic rings. The van der Waals surface area contributed by atoms with E-state index in [1.807, 2.05) is 0 Å². The van der Waals surface area contributed by atoms with Crippen LogP contribution in [0.1, 0.15) is 10.4 Å². The fourth-order valence-electron chi connectivity index (χ4n) is 3.23. The zero-order chi connectivity index (χ0) is 22.1. The van der Waals surface area contributed by atoms with Crippen LogP contribution in [0.25, 0.3) is 11.3 Å². The summed E-state index contributed by atoms with van der Waals surface area (Å²) >= 11 is 0. The van der Waals surface area contributed by atoms with E-state index in [-0.39, 0.29) is 17.1 Å². The van der Waals surface area contributed by atoms with Gasteiger partial charge in [-0.2, -0.15) is 5.10 Å². The highest BCUT2D eigenvalue weighted by Crippen LogP contribution is 2.30. The van der Waals surface area contributed by atoms with Gasteiger partial charge in [0.1, 0.15) is 22.8 Å². The number of aromatic nitrogens is 3. The normalized spacial score (nSPS) is 10.8. The molecule has 31 heavy (non-hydrogen) atoms. The maximum atomic E-state index is 12.1. The second-order valence-electron chi connectivity index (χ2n) is 7.01. The molecule has 156 valence electrons. The Hall–Kier alpha value is -4.47. The number of H-pyrrole nitrogens is 1. The SMILES string of the molecule is CN(C)c1c(Nc2ccc(-c3[nH]nc(Nc4ccccn4)c3C(N)=O)cc2)c(=O)c1=O. The molecule has 10 heteroatoms. The number of pyridine rings is 1. The van der Waals surface area contributed by atoms with E-state index in [0.717, 1.165) is 0 Å². The number of amides is 1. The van der Waals surface area contributed by atoms with Gasteiger partial charge in [-0.1, -0.05) is 18.2 Å². The first-order chi connectivity index (χ1) is 14.9. The molecule has 0 aliphatic rings. The Morgan fingerprint density at radius 2 is 1.77 bits per heavy atom. The van der Waals surface area contributed by atoms with E-state index >= 15 is 0 Å². The number of carbonyl (C=O) groups is 1. The molecule has 4 rings (SSSR count). The molecule has 2 aromatic heterocycles. The molecule has 10 nitrogen and oxygen atoms in total.